The van der Waals surface area contributed by atoms with Gasteiger partial charge in [0.05, 0.1) is 25.4 Å². The van der Waals surface area contributed by atoms with E-state index < -0.39 is 49.5 Å². The Balaban J connectivity index is 2.27. The van der Waals surface area contributed by atoms with Crippen molar-refractivity contribution in [2.45, 2.75) is 236 Å². The van der Waals surface area contributed by atoms with Gasteiger partial charge in [0.15, 0.2) is 6.29 Å². The van der Waals surface area contributed by atoms with E-state index in [1.807, 2.05) is 6.08 Å². The maximum Gasteiger partial charge on any atom is 0.220 e. The Kier molecular flexibility index (Phi) is 32.9. The van der Waals surface area contributed by atoms with Crippen LogP contribution >= 0.6 is 0 Å². The number of amides is 1. The summed E-state index contributed by atoms with van der Waals surface area (Å²) in [5.41, 5.74) is 0. The van der Waals surface area contributed by atoms with Gasteiger partial charge in [0.1, 0.15) is 24.4 Å². The summed E-state index contributed by atoms with van der Waals surface area (Å²) in [4.78, 5) is 12.9. The third kappa shape index (κ3) is 26.2. The molecule has 0 spiro atoms. The highest BCUT2D eigenvalue weighted by Gasteiger charge is 2.44. The summed E-state index contributed by atoms with van der Waals surface area (Å²) in [6, 6.07) is -0.814. The van der Waals surface area contributed by atoms with Crippen LogP contribution in [0.3, 0.4) is 0 Å². The van der Waals surface area contributed by atoms with Gasteiger partial charge < -0.3 is 40.3 Å². The first-order valence-electron chi connectivity index (χ1n) is 22.1. The number of aliphatic hydroxyl groups is 5. The van der Waals surface area contributed by atoms with Gasteiger partial charge in [0.25, 0.3) is 0 Å². The normalized spacial score (nSPS) is 21.8. The molecule has 0 bridgehead atoms. The van der Waals surface area contributed by atoms with Crippen molar-refractivity contribution < 1.29 is 39.8 Å². The Labute approximate surface area is 324 Å². The molecule has 0 aromatic carbocycles. The number of nitrogens with one attached hydrogen (secondary N) is 1. The SMILES string of the molecule is CCCCC/C=C/CC/C=C/[C@@H](O)[C@H](CO[C@H]1O[C@@H](CO)[C@H](O)C(O)C1O)NC(=O)CCCCCCCCCCCCCCCCCCCCCCC. The van der Waals surface area contributed by atoms with Gasteiger partial charge in [-0.1, -0.05) is 179 Å². The summed E-state index contributed by atoms with van der Waals surface area (Å²) in [7, 11) is 0. The lowest BCUT2D eigenvalue weighted by Crippen LogP contribution is -2.60. The molecule has 1 fully saturated rings. The molecular formula is C44H83NO8. The second-order valence-corrected chi connectivity index (χ2v) is 15.5. The third-order valence-electron chi connectivity index (χ3n) is 10.5. The zero-order chi connectivity index (χ0) is 38.8. The van der Waals surface area contributed by atoms with Gasteiger partial charge in [-0.15, -0.1) is 0 Å². The average molecular weight is 754 g/mol. The number of carbonyl (C=O) groups excluding carboxylic acids is 1. The maximum atomic E-state index is 12.9. The Morgan fingerprint density at radius 2 is 1.08 bits per heavy atom. The van der Waals surface area contributed by atoms with E-state index in [0.717, 1.165) is 38.5 Å². The molecule has 9 heteroatoms. The first kappa shape index (κ1) is 49.7. The summed E-state index contributed by atoms with van der Waals surface area (Å²) in [5, 5.41) is 53.9. The number of hydrogen-bond acceptors (Lipinski definition) is 8. The van der Waals surface area contributed by atoms with Crippen molar-refractivity contribution in [3.63, 3.8) is 0 Å². The van der Waals surface area contributed by atoms with Crippen LogP contribution in [-0.4, -0.2) is 87.5 Å². The van der Waals surface area contributed by atoms with Gasteiger partial charge in [-0.2, -0.15) is 0 Å². The van der Waals surface area contributed by atoms with Gasteiger partial charge >= 0.3 is 0 Å². The van der Waals surface area contributed by atoms with Crippen LogP contribution in [0, 0.1) is 0 Å². The summed E-state index contributed by atoms with van der Waals surface area (Å²) in [5.74, 6) is -0.187. The number of hydrogen-bond donors (Lipinski definition) is 6. The van der Waals surface area contributed by atoms with Crippen LogP contribution in [0.25, 0.3) is 0 Å². The van der Waals surface area contributed by atoms with E-state index in [1.54, 1.807) is 6.08 Å². The van der Waals surface area contributed by atoms with Crippen molar-refractivity contribution in [1.82, 2.24) is 5.32 Å². The Morgan fingerprint density at radius 1 is 0.623 bits per heavy atom. The fourth-order valence-electron chi connectivity index (χ4n) is 6.94. The lowest BCUT2D eigenvalue weighted by Gasteiger charge is -2.40. The van der Waals surface area contributed by atoms with Crippen LogP contribution in [0.4, 0.5) is 0 Å². The minimum absolute atomic E-state index is 0.187. The molecular weight excluding hydrogens is 670 g/mol. The van der Waals surface area contributed by atoms with Crippen LogP contribution in [0.5, 0.6) is 0 Å². The summed E-state index contributed by atoms with van der Waals surface area (Å²) < 4.78 is 11.1. The van der Waals surface area contributed by atoms with Crippen LogP contribution < -0.4 is 5.32 Å². The quantitative estimate of drug-likeness (QED) is 0.0275. The number of ether oxygens (including phenoxy) is 2. The summed E-state index contributed by atoms with van der Waals surface area (Å²) in [6.45, 7) is 3.70. The average Bonchev–Trinajstić information content (AvgIpc) is 3.16. The van der Waals surface area contributed by atoms with E-state index in [0.29, 0.717) is 6.42 Å². The molecule has 0 aromatic rings. The molecule has 6 N–H and O–H groups in total. The second-order valence-electron chi connectivity index (χ2n) is 15.5. The number of rotatable bonds is 36. The number of carbonyl (C=O) groups is 1. The van der Waals surface area contributed by atoms with Crippen LogP contribution in [0.1, 0.15) is 194 Å². The predicted molar refractivity (Wildman–Crippen MR) is 217 cm³/mol. The molecule has 0 saturated carbocycles. The minimum atomic E-state index is -1.57. The van der Waals surface area contributed by atoms with Gasteiger partial charge in [-0.05, 0) is 32.1 Å². The maximum absolute atomic E-state index is 12.9. The fourth-order valence-corrected chi connectivity index (χ4v) is 6.94. The monoisotopic (exact) mass is 754 g/mol. The van der Waals surface area contributed by atoms with E-state index in [4.69, 9.17) is 9.47 Å². The highest BCUT2D eigenvalue weighted by atomic mass is 16.7. The molecule has 0 aliphatic carbocycles. The Morgan fingerprint density at radius 3 is 1.58 bits per heavy atom. The lowest BCUT2D eigenvalue weighted by atomic mass is 9.99. The standard InChI is InChI=1S/C44H83NO8/c1-3-5-7-9-11-13-14-15-16-17-18-19-20-21-22-23-24-26-28-30-32-34-40(48)45-37(38(47)33-31-29-27-25-12-10-8-6-4-2)36-52-44-43(51)42(50)41(49)39(35-46)53-44/h12,25,31,33,37-39,41-44,46-47,49-51H,3-11,13-24,26-30,32,34-36H2,1-2H3,(H,45,48)/b25-12+,33-31+/t37-,38+,39-,41-,42?,43?,44-/m0/s1. The smallest absolute Gasteiger partial charge is 0.220 e. The minimum Gasteiger partial charge on any atom is -0.394 e. The molecule has 1 aliphatic heterocycles. The summed E-state index contributed by atoms with van der Waals surface area (Å²) in [6.07, 6.45) is 33.9. The largest absolute Gasteiger partial charge is 0.394 e. The zero-order valence-electron chi connectivity index (χ0n) is 34.0. The first-order valence-corrected chi connectivity index (χ1v) is 22.1. The number of unbranched alkanes of at least 4 members (excludes halogenated alkanes) is 24. The highest BCUT2D eigenvalue weighted by Crippen LogP contribution is 2.22. The topological polar surface area (TPSA) is 149 Å². The van der Waals surface area contributed by atoms with Crippen molar-refractivity contribution in [1.29, 1.82) is 0 Å². The number of allylic oxidation sites excluding steroid dienone is 3. The van der Waals surface area contributed by atoms with Crippen molar-refractivity contribution in [2.24, 2.45) is 0 Å². The van der Waals surface area contributed by atoms with Gasteiger partial charge in [0.2, 0.25) is 5.91 Å². The Bertz CT molecular complexity index is 883. The molecule has 2 unspecified atom stereocenters. The molecule has 1 saturated heterocycles. The molecule has 0 radical (unpaired) electrons. The molecule has 1 rings (SSSR count). The molecule has 312 valence electrons. The molecule has 7 atom stereocenters. The van der Waals surface area contributed by atoms with E-state index in [1.165, 1.54) is 135 Å². The van der Waals surface area contributed by atoms with Crippen molar-refractivity contribution in [3.05, 3.63) is 24.3 Å². The van der Waals surface area contributed by atoms with E-state index >= 15 is 0 Å². The van der Waals surface area contributed by atoms with E-state index in [2.05, 4.69) is 31.3 Å². The molecule has 1 amide bonds. The third-order valence-corrected chi connectivity index (χ3v) is 10.5. The molecule has 1 aliphatic rings. The zero-order valence-corrected chi connectivity index (χ0v) is 34.0. The fraction of sp³-hybridized carbons (Fsp3) is 0.886. The predicted octanol–water partition coefficient (Wildman–Crippen LogP) is 8.72. The van der Waals surface area contributed by atoms with Crippen LogP contribution in [-0.2, 0) is 14.3 Å². The Hall–Kier alpha value is -1.33. The second kappa shape index (κ2) is 35.1. The van der Waals surface area contributed by atoms with Crippen molar-refractivity contribution in [2.75, 3.05) is 13.2 Å². The molecule has 53 heavy (non-hydrogen) atoms. The van der Waals surface area contributed by atoms with Crippen LogP contribution in [0.2, 0.25) is 0 Å². The number of aliphatic hydroxyl groups excluding tert-OH is 5. The first-order chi connectivity index (χ1) is 25.8. The van der Waals surface area contributed by atoms with E-state index in [-0.39, 0.29) is 12.5 Å². The van der Waals surface area contributed by atoms with Crippen LogP contribution in [0.15, 0.2) is 24.3 Å². The molecule has 0 aromatic heterocycles. The lowest BCUT2D eigenvalue weighted by molar-refractivity contribution is -0.302. The van der Waals surface area contributed by atoms with Crippen molar-refractivity contribution in [3.8, 4) is 0 Å². The van der Waals surface area contributed by atoms with Crippen molar-refractivity contribution >= 4 is 5.91 Å². The van der Waals surface area contributed by atoms with Gasteiger partial charge in [0, 0.05) is 6.42 Å². The van der Waals surface area contributed by atoms with Gasteiger partial charge in [-0.25, -0.2) is 0 Å². The summed E-state index contributed by atoms with van der Waals surface area (Å²) >= 11 is 0. The van der Waals surface area contributed by atoms with E-state index in [9.17, 15) is 30.3 Å². The van der Waals surface area contributed by atoms with Gasteiger partial charge in [-0.3, -0.25) is 4.79 Å². The highest BCUT2D eigenvalue weighted by molar-refractivity contribution is 5.76. The molecule has 9 nitrogen and oxygen atoms in total. The molecule has 1 heterocycles.